The Hall–Kier alpha value is -4.16. The fourth-order valence-electron chi connectivity index (χ4n) is 3.73. The highest BCUT2D eigenvalue weighted by Crippen LogP contribution is 2.34. The first-order chi connectivity index (χ1) is 15.4. The van der Waals surface area contributed by atoms with Gasteiger partial charge < -0.3 is 23.7 Å². The largest absolute Gasteiger partial charge is 0.486 e. The normalized spacial score (nSPS) is 21.8. The van der Waals surface area contributed by atoms with Crippen molar-refractivity contribution in [2.24, 2.45) is 4.99 Å². The van der Waals surface area contributed by atoms with E-state index in [1.165, 1.54) is 23.2 Å². The van der Waals surface area contributed by atoms with Gasteiger partial charge in [0, 0.05) is 19.7 Å². The van der Waals surface area contributed by atoms with Crippen molar-refractivity contribution in [2.75, 3.05) is 39.2 Å². The summed E-state index contributed by atoms with van der Waals surface area (Å²) in [5.74, 6) is 0.496. The van der Waals surface area contributed by atoms with Gasteiger partial charge >= 0.3 is 12.0 Å². The van der Waals surface area contributed by atoms with Gasteiger partial charge in [0.1, 0.15) is 13.2 Å². The van der Waals surface area contributed by atoms with Crippen LogP contribution in [0.3, 0.4) is 0 Å². The number of anilines is 1. The van der Waals surface area contributed by atoms with Crippen LogP contribution in [0, 0.1) is 0 Å². The van der Waals surface area contributed by atoms with E-state index in [4.69, 9.17) is 13.9 Å². The first kappa shape index (κ1) is 19.8. The van der Waals surface area contributed by atoms with E-state index in [1.54, 1.807) is 25.2 Å². The van der Waals surface area contributed by atoms with Crippen molar-refractivity contribution in [1.82, 2.24) is 24.9 Å². The number of hydrogen-bond acceptors (Lipinski definition) is 10. The van der Waals surface area contributed by atoms with Crippen LogP contribution in [0.5, 0.6) is 11.5 Å². The van der Waals surface area contributed by atoms with E-state index in [0.717, 1.165) is 4.90 Å². The Morgan fingerprint density at radius 2 is 1.94 bits per heavy atom. The lowest BCUT2D eigenvalue weighted by molar-refractivity contribution is -0.136. The summed E-state index contributed by atoms with van der Waals surface area (Å²) >= 11 is 0. The molecule has 13 nitrogen and oxygen atoms in total. The predicted molar refractivity (Wildman–Crippen MR) is 108 cm³/mol. The van der Waals surface area contributed by atoms with Crippen molar-refractivity contribution < 1.29 is 28.3 Å². The van der Waals surface area contributed by atoms with Gasteiger partial charge in [0.2, 0.25) is 11.8 Å². The summed E-state index contributed by atoms with van der Waals surface area (Å²) in [5.41, 5.74) is 0.611. The van der Waals surface area contributed by atoms with Crippen molar-refractivity contribution in [1.29, 1.82) is 0 Å². The summed E-state index contributed by atoms with van der Waals surface area (Å²) in [6.07, 6.45) is 0.716. The van der Waals surface area contributed by atoms with E-state index < -0.39 is 30.1 Å². The van der Waals surface area contributed by atoms with Gasteiger partial charge in [-0.3, -0.25) is 19.8 Å². The average molecular weight is 441 g/mol. The Kier molecular flexibility index (Phi) is 4.64. The van der Waals surface area contributed by atoms with Gasteiger partial charge in [0.15, 0.2) is 23.7 Å². The lowest BCUT2D eigenvalue weighted by Crippen LogP contribution is -2.64. The van der Waals surface area contributed by atoms with Crippen LogP contribution in [0.4, 0.5) is 10.8 Å². The third kappa shape index (κ3) is 3.27. The van der Waals surface area contributed by atoms with Crippen molar-refractivity contribution in [3.63, 3.8) is 0 Å². The van der Waals surface area contributed by atoms with Crippen LogP contribution in [-0.2, 0) is 9.59 Å². The molecule has 1 saturated heterocycles. The Balaban J connectivity index is 1.25. The van der Waals surface area contributed by atoms with Gasteiger partial charge in [-0.1, -0.05) is 5.10 Å². The molecule has 0 aliphatic carbocycles. The van der Waals surface area contributed by atoms with E-state index in [0.29, 0.717) is 30.3 Å². The molecule has 0 radical (unpaired) electrons. The highest BCUT2D eigenvalue weighted by atomic mass is 16.6. The molecule has 0 bridgehead atoms. The molecule has 2 atom stereocenters. The number of amides is 4. The molecular weight excluding hydrogens is 422 g/mol. The number of nitrogens with zero attached hydrogens (tertiary/aromatic N) is 6. The molecule has 1 N–H and O–H groups in total. The van der Waals surface area contributed by atoms with Crippen molar-refractivity contribution in [2.45, 2.75) is 12.2 Å². The molecule has 4 heterocycles. The molecular formula is C19H19N7O6. The molecule has 0 spiro atoms. The number of hydrogen-bond donors (Lipinski definition) is 1. The Labute approximate surface area is 181 Å². The number of ether oxygens (including phenoxy) is 2. The molecule has 2 aromatic rings. The third-order valence-corrected chi connectivity index (χ3v) is 5.36. The number of nitrogens with one attached hydrogen (secondary N) is 1. The number of imide groups is 1. The molecule has 166 valence electrons. The quantitative estimate of drug-likeness (QED) is 0.694. The number of aromatic nitrogens is 2. The van der Waals surface area contributed by atoms with E-state index in [9.17, 15) is 14.4 Å². The minimum Gasteiger partial charge on any atom is -0.486 e. The summed E-state index contributed by atoms with van der Waals surface area (Å²) in [5, 5.41) is 10.3. The Bertz CT molecular complexity index is 1130. The number of likely N-dealkylation sites (N-methyl/N-ethyl adjacent to an activating group) is 2. The van der Waals surface area contributed by atoms with Crippen LogP contribution in [0.25, 0.3) is 11.5 Å². The first-order valence-corrected chi connectivity index (χ1v) is 9.79. The van der Waals surface area contributed by atoms with Gasteiger partial charge in [0.05, 0.1) is 12.9 Å². The van der Waals surface area contributed by atoms with Crippen molar-refractivity contribution in [3.05, 3.63) is 18.2 Å². The highest BCUT2D eigenvalue weighted by molar-refractivity contribution is 6.02. The lowest BCUT2D eigenvalue weighted by atomic mass is 10.1. The summed E-state index contributed by atoms with van der Waals surface area (Å²) < 4.78 is 16.6. The second kappa shape index (κ2) is 7.51. The molecule has 32 heavy (non-hydrogen) atoms. The maximum Gasteiger partial charge on any atom is 0.328 e. The zero-order valence-corrected chi connectivity index (χ0v) is 17.2. The number of benzene rings is 1. The van der Waals surface area contributed by atoms with Gasteiger partial charge in [-0.2, -0.15) is 0 Å². The zero-order chi connectivity index (χ0) is 22.4. The number of rotatable bonds is 4. The van der Waals surface area contributed by atoms with E-state index in [-0.39, 0.29) is 18.5 Å². The molecule has 13 heteroatoms. The second-order valence-electron chi connectivity index (χ2n) is 7.41. The van der Waals surface area contributed by atoms with Gasteiger partial charge in [-0.25, -0.2) is 9.79 Å². The monoisotopic (exact) mass is 441 g/mol. The molecule has 5 rings (SSSR count). The van der Waals surface area contributed by atoms with Crippen LogP contribution >= 0.6 is 0 Å². The van der Waals surface area contributed by atoms with Crippen LogP contribution < -0.4 is 14.8 Å². The summed E-state index contributed by atoms with van der Waals surface area (Å²) in [4.78, 5) is 45.2. The van der Waals surface area contributed by atoms with Gasteiger partial charge in [-0.15, -0.1) is 5.10 Å². The average Bonchev–Trinajstić information content (AvgIpc) is 3.43. The van der Waals surface area contributed by atoms with E-state index in [2.05, 4.69) is 20.5 Å². The van der Waals surface area contributed by atoms with Crippen LogP contribution in [0.2, 0.25) is 0 Å². The third-order valence-electron chi connectivity index (χ3n) is 5.36. The molecule has 3 aliphatic rings. The second-order valence-corrected chi connectivity index (χ2v) is 7.41. The Morgan fingerprint density at radius 1 is 1.16 bits per heavy atom. The molecule has 1 fully saturated rings. The van der Waals surface area contributed by atoms with Crippen LogP contribution in [0.1, 0.15) is 0 Å². The molecule has 3 aliphatic heterocycles. The van der Waals surface area contributed by atoms with Crippen LogP contribution in [0.15, 0.2) is 27.6 Å². The fraction of sp³-hybridized carbons (Fsp3) is 0.368. The maximum absolute atomic E-state index is 12.5. The molecule has 0 saturated carbocycles. The highest BCUT2D eigenvalue weighted by Gasteiger charge is 2.48. The molecule has 1 aromatic carbocycles. The molecule has 4 amide bonds. The van der Waals surface area contributed by atoms with Crippen molar-refractivity contribution in [3.8, 4) is 23.0 Å². The van der Waals surface area contributed by atoms with Gasteiger partial charge in [0.25, 0.3) is 5.91 Å². The Morgan fingerprint density at radius 3 is 2.75 bits per heavy atom. The minimum atomic E-state index is -0.774. The predicted octanol–water partition coefficient (Wildman–Crippen LogP) is 0.00870. The topological polar surface area (TPSA) is 143 Å². The molecule has 2 unspecified atom stereocenters. The van der Waals surface area contributed by atoms with E-state index in [1.807, 2.05) is 0 Å². The fourth-order valence-corrected chi connectivity index (χ4v) is 3.73. The summed E-state index contributed by atoms with van der Waals surface area (Å²) in [6.45, 7) is 0.750. The summed E-state index contributed by atoms with van der Waals surface area (Å²) in [7, 11) is 2.95. The summed E-state index contributed by atoms with van der Waals surface area (Å²) in [6, 6.07) is 3.90. The number of aliphatic imine (C=N–C) groups is 1. The standard InChI is InChI=1S/C19H19N7O6/c1-24-15-14(17(28)25(2)19(24)29)26(9-20-15)8-13(27)21-18-23-22-16(32-18)10-3-4-11-12(7-10)31-6-5-30-11/h3-4,7,9,14-15H,5-6,8H2,1-2H3,(H,21,23,27). The number of carbonyl (C=O) groups is 3. The maximum atomic E-state index is 12.5. The number of fused-ring (bicyclic) bond motifs is 2. The van der Waals surface area contributed by atoms with E-state index >= 15 is 0 Å². The van der Waals surface area contributed by atoms with Crippen LogP contribution in [-0.4, -0.2) is 95.1 Å². The smallest absolute Gasteiger partial charge is 0.328 e. The number of carbonyl (C=O) groups excluding carboxylic acids is 3. The van der Waals surface area contributed by atoms with Crippen molar-refractivity contribution >= 4 is 30.2 Å². The molecule has 1 aromatic heterocycles. The lowest BCUT2D eigenvalue weighted by Gasteiger charge is -2.39. The first-order valence-electron chi connectivity index (χ1n) is 9.79. The SMILES string of the molecule is CN1C(=O)C2C(N=CN2CC(=O)Nc2nnc(-c3ccc4c(c3)OCCO4)o2)N(C)C1=O. The number of urea groups is 1. The minimum absolute atomic E-state index is 0.0908. The van der Waals surface area contributed by atoms with Gasteiger partial charge in [-0.05, 0) is 18.2 Å². The zero-order valence-electron chi connectivity index (χ0n) is 17.2.